The first-order chi connectivity index (χ1) is 15.6. The average Bonchev–Trinajstić information content (AvgIpc) is 3.57. The molecule has 1 fully saturated rings. The van der Waals surface area contributed by atoms with Crippen molar-refractivity contribution in [2.24, 2.45) is 0 Å². The van der Waals surface area contributed by atoms with E-state index in [4.69, 9.17) is 13.9 Å². The Morgan fingerprint density at radius 3 is 2.69 bits per heavy atom. The topological polar surface area (TPSA) is 81.0 Å². The van der Waals surface area contributed by atoms with Crippen LogP contribution in [0.25, 0.3) is 0 Å². The van der Waals surface area contributed by atoms with E-state index in [1.807, 2.05) is 12.1 Å². The molecule has 0 spiro atoms. The summed E-state index contributed by atoms with van der Waals surface area (Å²) in [5.41, 5.74) is 1.96. The van der Waals surface area contributed by atoms with Gasteiger partial charge < -0.3 is 24.1 Å². The highest BCUT2D eigenvalue weighted by Crippen LogP contribution is 2.42. The highest BCUT2D eigenvalue weighted by atomic mass is 32.2. The number of halogens is 1. The zero-order chi connectivity index (χ0) is 22.1. The number of ether oxygens (including phenoxy) is 2. The van der Waals surface area contributed by atoms with Crippen LogP contribution < -0.4 is 14.8 Å². The van der Waals surface area contributed by atoms with Crippen molar-refractivity contribution in [1.82, 2.24) is 10.2 Å². The second kappa shape index (κ2) is 8.58. The number of rotatable bonds is 5. The molecule has 1 N–H and O–H groups in total. The van der Waals surface area contributed by atoms with Gasteiger partial charge in [0, 0.05) is 23.4 Å². The molecule has 164 valence electrons. The molecule has 0 bridgehead atoms. The fraction of sp³-hybridized carbons (Fsp3) is 0.217. The summed E-state index contributed by atoms with van der Waals surface area (Å²) in [4.78, 5) is 28.0. The minimum Gasteiger partial charge on any atom is -0.472 e. The molecule has 3 aromatic rings. The van der Waals surface area contributed by atoms with Crippen molar-refractivity contribution < 1.29 is 27.9 Å². The summed E-state index contributed by atoms with van der Waals surface area (Å²) in [6.45, 7) is 0.464. The normalized spacial score (nSPS) is 19.2. The largest absolute Gasteiger partial charge is 0.472 e. The molecule has 1 saturated heterocycles. The van der Waals surface area contributed by atoms with Crippen LogP contribution in [0.2, 0.25) is 0 Å². The third kappa shape index (κ3) is 3.91. The summed E-state index contributed by atoms with van der Waals surface area (Å²) in [6, 6.07) is 11.9. The number of carbonyl (C=O) groups excluding carboxylic acids is 2. The summed E-state index contributed by atoms with van der Waals surface area (Å²) in [6.07, 6.45) is 3.10. The predicted molar refractivity (Wildman–Crippen MR) is 115 cm³/mol. The van der Waals surface area contributed by atoms with Crippen LogP contribution in [0.5, 0.6) is 11.5 Å². The molecule has 9 heteroatoms. The van der Waals surface area contributed by atoms with Crippen molar-refractivity contribution in [3.8, 4) is 11.5 Å². The SMILES string of the molecule is O=C(NCc1ccc2c(c1)OCO2)C1CSC(c2ccoc2)N1C(=O)c1ccc(F)cc1. The number of carbonyl (C=O) groups is 2. The molecular weight excluding hydrogens is 435 g/mol. The molecule has 0 radical (unpaired) electrons. The van der Waals surface area contributed by atoms with Gasteiger partial charge in [0.2, 0.25) is 12.7 Å². The van der Waals surface area contributed by atoms with Crippen molar-refractivity contribution in [3.05, 3.63) is 83.6 Å². The van der Waals surface area contributed by atoms with Crippen LogP contribution in [0, 0.1) is 5.82 Å². The van der Waals surface area contributed by atoms with Crippen LogP contribution in [0.1, 0.15) is 26.9 Å². The number of fused-ring (bicyclic) bond motifs is 1. The minimum absolute atomic E-state index is 0.181. The maximum absolute atomic E-state index is 13.4. The molecule has 2 unspecified atom stereocenters. The molecular formula is C23H19FN2O5S. The Morgan fingerprint density at radius 1 is 1.09 bits per heavy atom. The van der Waals surface area contributed by atoms with E-state index < -0.39 is 11.9 Å². The summed E-state index contributed by atoms with van der Waals surface area (Å²) >= 11 is 1.48. The van der Waals surface area contributed by atoms with E-state index in [2.05, 4.69) is 5.32 Å². The van der Waals surface area contributed by atoms with E-state index in [-0.39, 0.29) is 30.5 Å². The van der Waals surface area contributed by atoms with Crippen molar-refractivity contribution in [2.75, 3.05) is 12.5 Å². The number of nitrogens with zero attached hydrogens (tertiary/aromatic N) is 1. The average molecular weight is 454 g/mol. The quantitative estimate of drug-likeness (QED) is 0.633. The van der Waals surface area contributed by atoms with E-state index in [0.29, 0.717) is 22.8 Å². The Balaban J connectivity index is 1.35. The Morgan fingerprint density at radius 2 is 1.91 bits per heavy atom. The summed E-state index contributed by atoms with van der Waals surface area (Å²) in [5, 5.41) is 2.54. The van der Waals surface area contributed by atoms with Gasteiger partial charge in [0.1, 0.15) is 17.2 Å². The van der Waals surface area contributed by atoms with E-state index in [0.717, 1.165) is 11.1 Å². The van der Waals surface area contributed by atoms with E-state index in [9.17, 15) is 14.0 Å². The van der Waals surface area contributed by atoms with Crippen LogP contribution in [0.15, 0.2) is 65.5 Å². The number of thioether (sulfide) groups is 1. The van der Waals surface area contributed by atoms with Crippen LogP contribution in [0.3, 0.4) is 0 Å². The Hall–Kier alpha value is -3.46. The van der Waals surface area contributed by atoms with Gasteiger partial charge in [-0.25, -0.2) is 4.39 Å². The number of furan rings is 1. The highest BCUT2D eigenvalue weighted by molar-refractivity contribution is 7.99. The Kier molecular flexibility index (Phi) is 5.48. The summed E-state index contributed by atoms with van der Waals surface area (Å²) in [5.74, 6) is 0.700. The first kappa shape index (κ1) is 20.4. The van der Waals surface area contributed by atoms with Gasteiger partial charge in [-0.05, 0) is 48.0 Å². The van der Waals surface area contributed by atoms with E-state index in [1.165, 1.54) is 47.2 Å². The molecule has 3 heterocycles. The first-order valence-electron chi connectivity index (χ1n) is 9.98. The standard InChI is InChI=1S/C23H19FN2O5S/c24-17-4-2-15(3-5-17)22(28)26-18(12-32-23(26)16-7-8-29-11-16)21(27)25-10-14-1-6-19-20(9-14)31-13-30-19/h1-9,11,18,23H,10,12-13H2,(H,25,27). The molecule has 1 aromatic heterocycles. The lowest BCUT2D eigenvalue weighted by molar-refractivity contribution is -0.125. The third-order valence-electron chi connectivity index (χ3n) is 5.36. The van der Waals surface area contributed by atoms with Crippen molar-refractivity contribution in [3.63, 3.8) is 0 Å². The zero-order valence-electron chi connectivity index (χ0n) is 16.8. The van der Waals surface area contributed by atoms with Gasteiger partial charge in [-0.3, -0.25) is 9.59 Å². The molecule has 7 nitrogen and oxygen atoms in total. The number of hydrogen-bond donors (Lipinski definition) is 1. The minimum atomic E-state index is -0.688. The lowest BCUT2D eigenvalue weighted by Gasteiger charge is -2.28. The van der Waals surface area contributed by atoms with Crippen LogP contribution in [-0.4, -0.2) is 35.3 Å². The van der Waals surface area contributed by atoms with Crippen molar-refractivity contribution in [2.45, 2.75) is 18.0 Å². The number of benzene rings is 2. The summed E-state index contributed by atoms with van der Waals surface area (Å²) in [7, 11) is 0. The molecule has 2 atom stereocenters. The molecule has 2 aromatic carbocycles. The molecule has 0 aliphatic carbocycles. The van der Waals surface area contributed by atoms with Crippen molar-refractivity contribution >= 4 is 23.6 Å². The van der Waals surface area contributed by atoms with E-state index in [1.54, 1.807) is 18.4 Å². The fourth-order valence-corrected chi connectivity index (χ4v) is 5.13. The number of nitrogens with one attached hydrogen (secondary N) is 1. The smallest absolute Gasteiger partial charge is 0.255 e. The third-order valence-corrected chi connectivity index (χ3v) is 6.68. The van der Waals surface area contributed by atoms with Gasteiger partial charge in [-0.1, -0.05) is 6.07 Å². The van der Waals surface area contributed by atoms with Gasteiger partial charge in [0.25, 0.3) is 5.91 Å². The number of hydrogen-bond acceptors (Lipinski definition) is 6. The maximum atomic E-state index is 13.4. The van der Waals surface area contributed by atoms with Crippen LogP contribution in [0.4, 0.5) is 4.39 Å². The second-order valence-electron chi connectivity index (χ2n) is 7.38. The lowest BCUT2D eigenvalue weighted by Crippen LogP contribution is -2.47. The molecule has 2 aliphatic rings. The maximum Gasteiger partial charge on any atom is 0.255 e. The van der Waals surface area contributed by atoms with Gasteiger partial charge >= 0.3 is 0 Å². The fourth-order valence-electron chi connectivity index (χ4n) is 3.73. The molecule has 0 saturated carbocycles. The molecule has 5 rings (SSSR count). The van der Waals surface area contributed by atoms with Crippen LogP contribution in [-0.2, 0) is 11.3 Å². The monoisotopic (exact) mass is 454 g/mol. The van der Waals surface area contributed by atoms with Crippen molar-refractivity contribution in [1.29, 1.82) is 0 Å². The predicted octanol–water partition coefficient (Wildman–Crippen LogP) is 3.72. The Labute approximate surface area is 187 Å². The zero-order valence-corrected chi connectivity index (χ0v) is 17.6. The molecule has 2 amide bonds. The highest BCUT2D eigenvalue weighted by Gasteiger charge is 2.43. The second-order valence-corrected chi connectivity index (χ2v) is 8.50. The van der Waals surface area contributed by atoms with Crippen LogP contribution >= 0.6 is 11.8 Å². The number of amides is 2. The molecule has 32 heavy (non-hydrogen) atoms. The first-order valence-corrected chi connectivity index (χ1v) is 11.0. The lowest BCUT2D eigenvalue weighted by atomic mass is 10.1. The van der Waals surface area contributed by atoms with Gasteiger partial charge in [-0.15, -0.1) is 11.8 Å². The Bertz CT molecular complexity index is 1140. The van der Waals surface area contributed by atoms with Gasteiger partial charge in [0.15, 0.2) is 11.5 Å². The van der Waals surface area contributed by atoms with E-state index >= 15 is 0 Å². The van der Waals surface area contributed by atoms with Gasteiger partial charge in [0.05, 0.1) is 12.5 Å². The summed E-state index contributed by atoms with van der Waals surface area (Å²) < 4.78 is 29.2. The van der Waals surface area contributed by atoms with Gasteiger partial charge in [-0.2, -0.15) is 0 Å². The molecule has 2 aliphatic heterocycles.